The number of hydrogen-bond acceptors (Lipinski definition) is 5. The van der Waals surface area contributed by atoms with E-state index in [4.69, 9.17) is 4.43 Å². The van der Waals surface area contributed by atoms with Crippen molar-refractivity contribution in [1.29, 1.82) is 0 Å². The average molecular weight is 367 g/mol. The van der Waals surface area contributed by atoms with Gasteiger partial charge in [-0.05, 0) is 19.6 Å². The van der Waals surface area contributed by atoms with Crippen LogP contribution in [0.4, 0.5) is 0 Å². The highest BCUT2D eigenvalue weighted by atomic mass is 28.4. The summed E-state index contributed by atoms with van der Waals surface area (Å²) in [4.78, 5) is 13.3. The molecule has 0 saturated heterocycles. The van der Waals surface area contributed by atoms with Crippen molar-refractivity contribution in [1.82, 2.24) is 0 Å². The molecule has 0 saturated carbocycles. The van der Waals surface area contributed by atoms with Gasteiger partial charge in [0.15, 0.2) is 8.32 Å². The van der Waals surface area contributed by atoms with Crippen molar-refractivity contribution in [3.05, 3.63) is 0 Å². The minimum atomic E-state index is -2.39. The Hall–Kier alpha value is 0.161. The van der Waals surface area contributed by atoms with Gasteiger partial charge in [0, 0.05) is 0 Å². The van der Waals surface area contributed by atoms with E-state index in [1.54, 1.807) is 0 Å². The first kappa shape index (κ1) is 22.2. The van der Waals surface area contributed by atoms with Crippen LogP contribution in [0, 0.1) is 0 Å². The number of carbonyl (C=O) groups excluding carboxylic acids is 1. The maximum absolute atomic E-state index is 13.3. The van der Waals surface area contributed by atoms with Crippen molar-refractivity contribution in [3.8, 4) is 0 Å². The summed E-state index contributed by atoms with van der Waals surface area (Å²) in [5, 5.41) is 28.7. The smallest absolute Gasteiger partial charge is 0.184 e. The minimum Gasteiger partial charge on any atom is -0.406 e. The van der Waals surface area contributed by atoms with E-state index >= 15 is 0 Å². The monoisotopic (exact) mass is 366 g/mol. The second kappa shape index (κ2) is 6.96. The molecule has 3 N–H and O–H groups in total. The topological polar surface area (TPSA) is 87.0 Å². The van der Waals surface area contributed by atoms with E-state index in [9.17, 15) is 20.1 Å². The third kappa shape index (κ3) is 4.83. The molecule has 0 spiro atoms. The zero-order chi connectivity index (χ0) is 18.1. The summed E-state index contributed by atoms with van der Waals surface area (Å²) in [5.74, 6) is 0. The van der Waals surface area contributed by atoms with Crippen LogP contribution in [0.2, 0.25) is 58.9 Å². The van der Waals surface area contributed by atoms with E-state index in [1.807, 2.05) is 58.9 Å². The first-order valence-corrected chi connectivity index (χ1v) is 18.1. The second-order valence-corrected chi connectivity index (χ2v) is 23.6. The summed E-state index contributed by atoms with van der Waals surface area (Å²) in [6.45, 7) is 17.0. The third-order valence-corrected chi connectivity index (χ3v) is 9.54. The van der Waals surface area contributed by atoms with E-state index in [0.29, 0.717) is 0 Å². The molecule has 0 unspecified atom stereocenters. The molecular weight excluding hydrogens is 332 g/mol. The fourth-order valence-corrected chi connectivity index (χ4v) is 11.3. The molecule has 0 aliphatic carbocycles. The van der Waals surface area contributed by atoms with Gasteiger partial charge >= 0.3 is 0 Å². The van der Waals surface area contributed by atoms with Crippen molar-refractivity contribution in [2.75, 3.05) is 6.61 Å². The predicted molar refractivity (Wildman–Crippen MR) is 98.0 cm³/mol. The molecule has 8 heteroatoms. The summed E-state index contributed by atoms with van der Waals surface area (Å²) in [6.07, 6.45) is -2.79. The van der Waals surface area contributed by atoms with Gasteiger partial charge in [0.25, 0.3) is 0 Å². The van der Waals surface area contributed by atoms with E-state index in [-0.39, 0.29) is 5.41 Å². The molecular formula is C14H34O5Si3. The van der Waals surface area contributed by atoms with Crippen molar-refractivity contribution >= 4 is 29.9 Å². The summed E-state index contributed by atoms with van der Waals surface area (Å²) < 4.78 is 6.33. The predicted octanol–water partition coefficient (Wildman–Crippen LogP) is 1.61. The van der Waals surface area contributed by atoms with Crippen LogP contribution in [-0.4, -0.2) is 69.2 Å². The lowest BCUT2D eigenvalue weighted by molar-refractivity contribution is -0.139. The summed E-state index contributed by atoms with van der Waals surface area (Å²) in [5.41, 5.74) is 0. The summed E-state index contributed by atoms with van der Waals surface area (Å²) >= 11 is 0. The molecule has 0 aromatic rings. The number of aliphatic hydroxyl groups is 3. The highest BCUT2D eigenvalue weighted by molar-refractivity contribution is 7.08. The highest BCUT2D eigenvalue weighted by Gasteiger charge is 2.61. The molecule has 22 heavy (non-hydrogen) atoms. The van der Waals surface area contributed by atoms with Crippen molar-refractivity contribution in [3.63, 3.8) is 0 Å². The van der Waals surface area contributed by atoms with Crippen LogP contribution in [0.1, 0.15) is 0 Å². The van der Waals surface area contributed by atoms with Crippen LogP contribution >= 0.6 is 0 Å². The third-order valence-electron chi connectivity index (χ3n) is 3.57. The van der Waals surface area contributed by atoms with Crippen molar-refractivity contribution in [2.45, 2.75) is 76.4 Å². The summed E-state index contributed by atoms with van der Waals surface area (Å²) in [6, 6.07) is 0. The lowest BCUT2D eigenvalue weighted by Gasteiger charge is -2.51. The number of aliphatic hydroxyl groups excluding tert-OH is 3. The Morgan fingerprint density at radius 1 is 1.00 bits per heavy atom. The SMILES string of the molecule is C[Si](C)(C)O[C@@](C(=O)[Si](C)(C)C)([C@H](O)[C@H](O)CO)[Si](C)(C)C. The van der Waals surface area contributed by atoms with E-state index < -0.39 is 48.5 Å². The normalized spacial score (nSPS) is 19.5. The zero-order valence-corrected chi connectivity index (χ0v) is 18.5. The Labute approximate surface area is 137 Å². The molecule has 0 radical (unpaired) electrons. The van der Waals surface area contributed by atoms with Gasteiger partial charge < -0.3 is 24.5 Å². The number of hydrogen-bond donors (Lipinski definition) is 3. The van der Waals surface area contributed by atoms with Gasteiger partial charge in [0.2, 0.25) is 0 Å². The molecule has 0 aromatic heterocycles. The average Bonchev–Trinajstić information content (AvgIpc) is 2.29. The van der Waals surface area contributed by atoms with Gasteiger partial charge in [-0.2, -0.15) is 0 Å². The molecule has 0 bridgehead atoms. The molecule has 5 nitrogen and oxygen atoms in total. The Kier molecular flexibility index (Phi) is 7.01. The van der Waals surface area contributed by atoms with Crippen LogP contribution in [0.5, 0.6) is 0 Å². The van der Waals surface area contributed by atoms with Gasteiger partial charge in [-0.15, -0.1) is 0 Å². The lowest BCUT2D eigenvalue weighted by Crippen LogP contribution is -2.75. The standard InChI is InChI=1S/C14H34O5Si3/c1-20(2,3)13(18)14(21(4,5)6,19-22(7,8)9)12(17)11(16)10-15/h11-12,15-17H,10H2,1-9H3/t11-,12-,14+/m1/s1. The molecule has 132 valence electrons. The molecule has 0 aliphatic rings. The van der Waals surface area contributed by atoms with Crippen LogP contribution in [0.25, 0.3) is 0 Å². The Morgan fingerprint density at radius 2 is 1.41 bits per heavy atom. The number of rotatable bonds is 8. The first-order valence-electron chi connectivity index (χ1n) is 7.73. The van der Waals surface area contributed by atoms with Crippen molar-refractivity contribution < 1.29 is 24.5 Å². The van der Waals surface area contributed by atoms with Gasteiger partial charge in [-0.1, -0.05) is 39.3 Å². The van der Waals surface area contributed by atoms with E-state index in [1.165, 1.54) is 0 Å². The molecule has 0 aromatic carbocycles. The minimum absolute atomic E-state index is 0.0680. The zero-order valence-electron chi connectivity index (χ0n) is 15.5. The lowest BCUT2D eigenvalue weighted by atomic mass is 10.1. The van der Waals surface area contributed by atoms with E-state index in [2.05, 4.69) is 0 Å². The van der Waals surface area contributed by atoms with Gasteiger partial charge in [-0.3, -0.25) is 0 Å². The summed E-state index contributed by atoms with van der Waals surface area (Å²) in [7, 11) is -6.85. The molecule has 0 rings (SSSR count). The maximum Gasteiger partial charge on any atom is 0.184 e. The van der Waals surface area contributed by atoms with Gasteiger partial charge in [0.1, 0.15) is 30.9 Å². The van der Waals surface area contributed by atoms with Crippen LogP contribution in [0.3, 0.4) is 0 Å². The largest absolute Gasteiger partial charge is 0.406 e. The Balaban J connectivity index is 6.37. The van der Waals surface area contributed by atoms with Crippen molar-refractivity contribution in [2.24, 2.45) is 0 Å². The Bertz CT molecular complexity index is 395. The van der Waals surface area contributed by atoms with Crippen LogP contribution < -0.4 is 0 Å². The molecule has 0 heterocycles. The molecule has 0 fully saturated rings. The van der Waals surface area contributed by atoms with E-state index in [0.717, 1.165) is 0 Å². The maximum atomic E-state index is 13.3. The van der Waals surface area contributed by atoms with Crippen LogP contribution in [0.15, 0.2) is 0 Å². The van der Waals surface area contributed by atoms with Gasteiger partial charge in [0.05, 0.1) is 14.7 Å². The fraction of sp³-hybridized carbons (Fsp3) is 0.929. The van der Waals surface area contributed by atoms with Crippen LogP contribution in [-0.2, 0) is 9.22 Å². The molecule has 0 aliphatic heterocycles. The second-order valence-electron chi connectivity index (χ2n) is 8.97. The molecule has 0 amide bonds. The highest BCUT2D eigenvalue weighted by Crippen LogP contribution is 2.37. The quantitative estimate of drug-likeness (QED) is 0.568. The Morgan fingerprint density at radius 3 is 1.64 bits per heavy atom. The molecule has 3 atom stereocenters. The number of carbonyl (C=O) groups is 1. The first-order chi connectivity index (χ1) is 9.50. The van der Waals surface area contributed by atoms with Gasteiger partial charge in [-0.25, -0.2) is 0 Å². The fourth-order valence-electron chi connectivity index (χ4n) is 2.59.